The maximum absolute atomic E-state index is 11.9. The monoisotopic (exact) mass is 318 g/mol. The van der Waals surface area contributed by atoms with Gasteiger partial charge in [-0.15, -0.1) is 0 Å². The van der Waals surface area contributed by atoms with Gasteiger partial charge in [-0.1, -0.05) is 31.5 Å². The second-order valence-electron chi connectivity index (χ2n) is 4.80. The fourth-order valence-electron chi connectivity index (χ4n) is 1.42. The molecular weight excluding hydrogens is 300 g/mol. The summed E-state index contributed by atoms with van der Waals surface area (Å²) in [5.41, 5.74) is 0. The third-order valence-corrected chi connectivity index (χ3v) is 4.15. The molecule has 1 rings (SSSR count). The van der Waals surface area contributed by atoms with Crippen molar-refractivity contribution < 1.29 is 13.2 Å². The molecule has 0 aliphatic heterocycles. The van der Waals surface area contributed by atoms with E-state index in [1.165, 1.54) is 12.1 Å². The van der Waals surface area contributed by atoms with Crippen LogP contribution in [0.4, 0.5) is 0 Å². The Bertz CT molecular complexity index is 558. The van der Waals surface area contributed by atoms with Crippen LogP contribution >= 0.6 is 11.6 Å². The Labute approximate surface area is 124 Å². The van der Waals surface area contributed by atoms with Crippen LogP contribution in [0, 0.1) is 5.92 Å². The van der Waals surface area contributed by atoms with Crippen molar-refractivity contribution in [3.63, 3.8) is 0 Å². The highest BCUT2D eigenvalue weighted by Crippen LogP contribution is 2.14. The summed E-state index contributed by atoms with van der Waals surface area (Å²) in [5, 5.41) is 3.07. The normalized spacial score (nSPS) is 11.6. The first-order chi connectivity index (χ1) is 9.31. The number of nitrogens with one attached hydrogen (secondary N) is 2. The Morgan fingerprint density at radius 2 is 2.05 bits per heavy atom. The molecule has 0 heterocycles. The average molecular weight is 319 g/mol. The summed E-state index contributed by atoms with van der Waals surface area (Å²) in [4.78, 5) is 11.5. The maximum Gasteiger partial charge on any atom is 0.240 e. The number of amides is 1. The summed E-state index contributed by atoms with van der Waals surface area (Å²) in [6.07, 6.45) is 0.104. The van der Waals surface area contributed by atoms with Crippen molar-refractivity contribution in [2.24, 2.45) is 5.92 Å². The largest absolute Gasteiger partial charge is 0.356 e. The van der Waals surface area contributed by atoms with E-state index >= 15 is 0 Å². The molecule has 2 N–H and O–H groups in total. The fourth-order valence-corrected chi connectivity index (χ4v) is 2.76. The smallest absolute Gasteiger partial charge is 0.240 e. The van der Waals surface area contributed by atoms with Gasteiger partial charge in [0.05, 0.1) is 4.90 Å². The second-order valence-corrected chi connectivity index (χ2v) is 7.01. The molecule has 0 saturated heterocycles. The summed E-state index contributed by atoms with van der Waals surface area (Å²) in [6, 6.07) is 5.97. The summed E-state index contributed by atoms with van der Waals surface area (Å²) in [5.74, 6) is 0.189. The number of hydrogen-bond donors (Lipinski definition) is 2. The number of rotatable bonds is 7. The Morgan fingerprint density at radius 1 is 1.35 bits per heavy atom. The van der Waals surface area contributed by atoms with E-state index in [0.717, 1.165) is 0 Å². The molecule has 5 nitrogen and oxygen atoms in total. The van der Waals surface area contributed by atoms with Gasteiger partial charge in [0.25, 0.3) is 0 Å². The second kappa shape index (κ2) is 7.61. The first-order valence-electron chi connectivity index (χ1n) is 6.33. The molecule has 20 heavy (non-hydrogen) atoms. The molecule has 1 amide bonds. The van der Waals surface area contributed by atoms with Gasteiger partial charge in [0.2, 0.25) is 15.9 Å². The van der Waals surface area contributed by atoms with Gasteiger partial charge in [0.15, 0.2) is 0 Å². The Hall–Kier alpha value is -1.11. The van der Waals surface area contributed by atoms with Crippen LogP contribution in [0.2, 0.25) is 5.02 Å². The Morgan fingerprint density at radius 3 is 2.65 bits per heavy atom. The number of sulfonamides is 1. The van der Waals surface area contributed by atoms with Gasteiger partial charge in [0, 0.05) is 24.5 Å². The average Bonchev–Trinajstić information content (AvgIpc) is 2.36. The molecule has 112 valence electrons. The van der Waals surface area contributed by atoms with Crippen molar-refractivity contribution in [3.05, 3.63) is 29.3 Å². The van der Waals surface area contributed by atoms with E-state index in [9.17, 15) is 13.2 Å². The number of halogens is 1. The van der Waals surface area contributed by atoms with Gasteiger partial charge in [-0.3, -0.25) is 4.79 Å². The zero-order valence-electron chi connectivity index (χ0n) is 11.5. The lowest BCUT2D eigenvalue weighted by Gasteiger charge is -2.09. The van der Waals surface area contributed by atoms with E-state index in [-0.39, 0.29) is 23.8 Å². The highest BCUT2D eigenvalue weighted by Gasteiger charge is 2.14. The Balaban J connectivity index is 2.47. The molecule has 0 atom stereocenters. The molecule has 7 heteroatoms. The van der Waals surface area contributed by atoms with Crippen molar-refractivity contribution >= 4 is 27.5 Å². The van der Waals surface area contributed by atoms with Crippen LogP contribution in [0.25, 0.3) is 0 Å². The molecule has 0 saturated carbocycles. The lowest BCUT2D eigenvalue weighted by molar-refractivity contribution is -0.121. The molecule has 0 spiro atoms. The van der Waals surface area contributed by atoms with Crippen LogP contribution in [0.15, 0.2) is 29.2 Å². The highest BCUT2D eigenvalue weighted by molar-refractivity contribution is 7.89. The third-order valence-electron chi connectivity index (χ3n) is 2.46. The first kappa shape index (κ1) is 16.9. The van der Waals surface area contributed by atoms with Gasteiger partial charge in [-0.05, 0) is 24.1 Å². The SMILES string of the molecule is CC(C)CNC(=O)CCNS(=O)(=O)c1cccc(Cl)c1. The summed E-state index contributed by atoms with van der Waals surface area (Å²) >= 11 is 5.75. The minimum atomic E-state index is -3.62. The molecule has 0 bridgehead atoms. The van der Waals surface area contributed by atoms with Crippen LogP contribution in [0.3, 0.4) is 0 Å². The van der Waals surface area contributed by atoms with Crippen molar-refractivity contribution in [2.75, 3.05) is 13.1 Å². The number of carbonyl (C=O) groups is 1. The lowest BCUT2D eigenvalue weighted by atomic mass is 10.2. The summed E-state index contributed by atoms with van der Waals surface area (Å²) < 4.78 is 26.2. The van der Waals surface area contributed by atoms with Gasteiger partial charge < -0.3 is 5.32 Å². The minimum Gasteiger partial charge on any atom is -0.356 e. The van der Waals surface area contributed by atoms with E-state index in [0.29, 0.717) is 17.5 Å². The lowest BCUT2D eigenvalue weighted by Crippen LogP contribution is -2.32. The maximum atomic E-state index is 11.9. The molecule has 1 aromatic carbocycles. The molecule has 0 radical (unpaired) electrons. The van der Waals surface area contributed by atoms with Crippen LogP contribution in [-0.4, -0.2) is 27.4 Å². The van der Waals surface area contributed by atoms with Gasteiger partial charge >= 0.3 is 0 Å². The molecule has 0 fully saturated rings. The molecule has 0 aliphatic rings. The van der Waals surface area contributed by atoms with Crippen LogP contribution in [0.5, 0.6) is 0 Å². The molecule has 0 aromatic heterocycles. The van der Waals surface area contributed by atoms with Crippen LogP contribution in [-0.2, 0) is 14.8 Å². The fraction of sp³-hybridized carbons (Fsp3) is 0.462. The quantitative estimate of drug-likeness (QED) is 0.804. The predicted molar refractivity (Wildman–Crippen MR) is 79.1 cm³/mol. The van der Waals surface area contributed by atoms with Crippen LogP contribution < -0.4 is 10.0 Å². The minimum absolute atomic E-state index is 0.0543. The Kier molecular flexibility index (Phi) is 6.45. The number of benzene rings is 1. The number of carbonyl (C=O) groups excluding carboxylic acids is 1. The van der Waals surface area contributed by atoms with Crippen molar-refractivity contribution in [1.29, 1.82) is 0 Å². The predicted octanol–water partition coefficient (Wildman–Crippen LogP) is 1.78. The summed E-state index contributed by atoms with van der Waals surface area (Å²) in [6.45, 7) is 4.61. The molecule has 0 unspecified atom stereocenters. The molecule has 0 aliphatic carbocycles. The van der Waals surface area contributed by atoms with Gasteiger partial charge in [0.1, 0.15) is 0 Å². The van der Waals surface area contributed by atoms with E-state index < -0.39 is 10.0 Å². The first-order valence-corrected chi connectivity index (χ1v) is 8.19. The van der Waals surface area contributed by atoms with E-state index in [1.54, 1.807) is 12.1 Å². The number of hydrogen-bond acceptors (Lipinski definition) is 3. The van der Waals surface area contributed by atoms with E-state index in [4.69, 9.17) is 11.6 Å². The van der Waals surface area contributed by atoms with Crippen molar-refractivity contribution in [1.82, 2.24) is 10.0 Å². The van der Waals surface area contributed by atoms with Gasteiger partial charge in [-0.25, -0.2) is 13.1 Å². The topological polar surface area (TPSA) is 75.3 Å². The van der Waals surface area contributed by atoms with Crippen molar-refractivity contribution in [2.45, 2.75) is 25.2 Å². The molecular formula is C13H19ClN2O3S. The van der Waals surface area contributed by atoms with E-state index in [1.807, 2.05) is 13.8 Å². The zero-order valence-corrected chi connectivity index (χ0v) is 13.1. The van der Waals surface area contributed by atoms with Gasteiger partial charge in [-0.2, -0.15) is 0 Å². The highest BCUT2D eigenvalue weighted by atomic mass is 35.5. The van der Waals surface area contributed by atoms with E-state index in [2.05, 4.69) is 10.0 Å². The van der Waals surface area contributed by atoms with Crippen molar-refractivity contribution in [3.8, 4) is 0 Å². The summed E-state index contributed by atoms with van der Waals surface area (Å²) in [7, 11) is -3.62. The molecule has 1 aromatic rings. The zero-order chi connectivity index (χ0) is 15.2. The van der Waals surface area contributed by atoms with Crippen LogP contribution in [0.1, 0.15) is 20.3 Å². The third kappa shape index (κ3) is 5.90. The standard InChI is InChI=1S/C13H19ClN2O3S/c1-10(2)9-15-13(17)6-7-16-20(18,19)12-5-3-4-11(14)8-12/h3-5,8,10,16H,6-7,9H2,1-2H3,(H,15,17).